The van der Waals surface area contributed by atoms with Gasteiger partial charge < -0.3 is 28.6 Å². The summed E-state index contributed by atoms with van der Waals surface area (Å²) in [6, 6.07) is 8.69. The minimum absolute atomic E-state index is 0.00471. The second kappa shape index (κ2) is 10.8. The zero-order chi connectivity index (χ0) is 27.8. The maximum atomic E-state index is 15.3. The normalized spacial score (nSPS) is 24.7. The van der Waals surface area contributed by atoms with Crippen LogP contribution in [0.15, 0.2) is 54.6 Å². The molecular weight excluding hydrogens is 532 g/mol. The zero-order valence-electron chi connectivity index (χ0n) is 21.8. The molecule has 0 bridgehead atoms. The number of amides is 1. The number of halogens is 1. The van der Waals surface area contributed by atoms with Gasteiger partial charge in [0.15, 0.2) is 29.0 Å². The summed E-state index contributed by atoms with van der Waals surface area (Å²) in [7, 11) is -4.16. The van der Waals surface area contributed by atoms with Crippen molar-refractivity contribution in [2.24, 2.45) is 0 Å². The molecule has 0 aliphatic carbocycles. The first-order chi connectivity index (χ1) is 18.7. The number of hydrogen-bond donors (Lipinski definition) is 1. The lowest BCUT2D eigenvalue weighted by Gasteiger charge is -2.24. The molecule has 12 nitrogen and oxygen atoms in total. The first-order valence-corrected chi connectivity index (χ1v) is 14.0. The Morgan fingerprint density at radius 1 is 1.13 bits per heavy atom. The third-order valence-corrected chi connectivity index (χ3v) is 8.00. The van der Waals surface area contributed by atoms with Gasteiger partial charge in [-0.25, -0.2) is 15.0 Å². The molecule has 2 aliphatic rings. The van der Waals surface area contributed by atoms with E-state index in [0.717, 1.165) is 6.08 Å². The Hall–Kier alpha value is -3.06. The molecule has 2 fully saturated rings. The topological polar surface area (TPSA) is 136 Å². The molecule has 39 heavy (non-hydrogen) atoms. The number of nitrogens with one attached hydrogen (secondary N) is 1. The number of aromatic nitrogens is 4. The number of anilines is 1. The number of hydrogen-bond acceptors (Lipinski definition) is 10. The lowest BCUT2D eigenvalue weighted by molar-refractivity contribution is -0.191. The Morgan fingerprint density at radius 2 is 1.82 bits per heavy atom. The number of benzene rings is 1. The van der Waals surface area contributed by atoms with E-state index in [4.69, 9.17) is 23.3 Å². The Kier molecular flexibility index (Phi) is 7.64. The summed E-state index contributed by atoms with van der Waals surface area (Å²) in [5.41, 5.74) is 0.0531. The number of fused-ring (bicyclic) bond motifs is 2. The highest BCUT2D eigenvalue weighted by Gasteiger charge is 2.56. The summed E-state index contributed by atoms with van der Waals surface area (Å²) in [6.45, 7) is 6.64. The van der Waals surface area contributed by atoms with Crippen LogP contribution in [0.25, 0.3) is 11.2 Å². The summed E-state index contributed by atoms with van der Waals surface area (Å²) in [5, 5.41) is 2.76. The van der Waals surface area contributed by atoms with E-state index < -0.39 is 43.5 Å². The Balaban J connectivity index is 1.47. The van der Waals surface area contributed by atoms with Crippen LogP contribution in [0.2, 0.25) is 0 Å². The molecule has 5 rings (SSSR count). The van der Waals surface area contributed by atoms with Crippen molar-refractivity contribution < 1.29 is 37.0 Å². The van der Waals surface area contributed by atoms with Gasteiger partial charge in [-0.1, -0.05) is 18.2 Å². The van der Waals surface area contributed by atoms with Crippen LogP contribution in [0, 0.1) is 0 Å². The highest BCUT2D eigenvalue weighted by atomic mass is 31.2. The molecule has 3 aromatic rings. The van der Waals surface area contributed by atoms with Crippen molar-refractivity contribution in [3.8, 4) is 0 Å². The van der Waals surface area contributed by atoms with Gasteiger partial charge in [0.05, 0.1) is 19.5 Å². The van der Waals surface area contributed by atoms with E-state index in [9.17, 15) is 9.36 Å². The predicted octanol–water partition coefficient (Wildman–Crippen LogP) is 4.57. The van der Waals surface area contributed by atoms with Gasteiger partial charge in [0.2, 0.25) is 5.57 Å². The average Bonchev–Trinajstić information content (AvgIpc) is 3.56. The maximum absolute atomic E-state index is 15.3. The smallest absolute Gasteiger partial charge is 0.345 e. The fourth-order valence-electron chi connectivity index (χ4n) is 4.59. The molecule has 4 heterocycles. The van der Waals surface area contributed by atoms with Crippen LogP contribution in [-0.4, -0.2) is 62.7 Å². The van der Waals surface area contributed by atoms with Gasteiger partial charge >= 0.3 is 7.60 Å². The van der Waals surface area contributed by atoms with Crippen LogP contribution in [0.4, 0.5) is 10.2 Å². The van der Waals surface area contributed by atoms with Crippen LogP contribution in [0.5, 0.6) is 0 Å². The molecule has 0 radical (unpaired) electrons. The van der Waals surface area contributed by atoms with Gasteiger partial charge in [0.25, 0.3) is 5.91 Å². The number of ether oxygens (including phenoxy) is 3. The van der Waals surface area contributed by atoms with Crippen molar-refractivity contribution in [3.05, 3.63) is 60.2 Å². The van der Waals surface area contributed by atoms with Crippen molar-refractivity contribution in [3.63, 3.8) is 0 Å². The van der Waals surface area contributed by atoms with Crippen molar-refractivity contribution in [2.75, 3.05) is 18.5 Å². The summed E-state index contributed by atoms with van der Waals surface area (Å²) >= 11 is 0. The van der Waals surface area contributed by atoms with Gasteiger partial charge in [0, 0.05) is 5.56 Å². The minimum atomic E-state index is -4.16. The van der Waals surface area contributed by atoms with Crippen molar-refractivity contribution in [1.82, 2.24) is 19.5 Å². The SMILES string of the molecule is CCOP(=O)(OCC)/C(F)=C/C1OC(n2cnc3c(NC(=O)c4ccccc4)ncnc32)C2OC(C)(C)OC12. The summed E-state index contributed by atoms with van der Waals surface area (Å²) in [5.74, 6) is -1.14. The summed E-state index contributed by atoms with van der Waals surface area (Å²) in [4.78, 5) is 25.6. The molecule has 2 aliphatic heterocycles. The molecule has 2 saturated heterocycles. The Bertz CT molecular complexity index is 1420. The van der Waals surface area contributed by atoms with E-state index in [1.807, 2.05) is 6.07 Å². The van der Waals surface area contributed by atoms with E-state index in [-0.39, 0.29) is 24.9 Å². The van der Waals surface area contributed by atoms with E-state index in [1.165, 1.54) is 12.7 Å². The molecule has 0 saturated carbocycles. The van der Waals surface area contributed by atoms with E-state index in [2.05, 4.69) is 20.3 Å². The number of rotatable bonds is 9. The second-order valence-electron chi connectivity index (χ2n) is 9.24. The van der Waals surface area contributed by atoms with Gasteiger partial charge in [-0.15, -0.1) is 0 Å². The Morgan fingerprint density at radius 3 is 2.51 bits per heavy atom. The van der Waals surface area contributed by atoms with Crippen LogP contribution in [-0.2, 0) is 27.8 Å². The fourth-order valence-corrected chi connectivity index (χ4v) is 5.92. The van der Waals surface area contributed by atoms with Crippen LogP contribution in [0.1, 0.15) is 44.3 Å². The van der Waals surface area contributed by atoms with E-state index >= 15 is 4.39 Å². The number of carbonyl (C=O) groups is 1. The minimum Gasteiger partial charge on any atom is -0.345 e. The van der Waals surface area contributed by atoms with Crippen LogP contribution < -0.4 is 5.32 Å². The van der Waals surface area contributed by atoms with Crippen molar-refractivity contribution >= 4 is 30.5 Å². The fraction of sp³-hybridized carbons (Fsp3) is 0.440. The number of nitrogens with zero attached hydrogens (tertiary/aromatic N) is 4. The molecule has 208 valence electrons. The Labute approximate surface area is 224 Å². The summed E-state index contributed by atoms with van der Waals surface area (Å²) in [6.07, 6.45) is 0.539. The standard InChI is InChI=1S/C25H29FN5O7P/c1-5-34-39(33,35-6-2)17(26)12-16-19-20(38-25(3,4)37-19)24(36-16)31-14-29-18-21(27-13-28-22(18)31)30-23(32)15-10-8-7-9-11-15/h7-14,16,19-20,24H,5-6H2,1-4H3,(H,27,28,30,32)/b17-12+. The van der Waals surface area contributed by atoms with Gasteiger partial charge in [-0.05, 0) is 45.9 Å². The molecule has 4 unspecified atom stereocenters. The van der Waals surface area contributed by atoms with Crippen LogP contribution >= 0.6 is 7.60 Å². The molecule has 0 spiro atoms. The highest BCUT2D eigenvalue weighted by Crippen LogP contribution is 2.57. The molecular formula is C25H29FN5O7P. The molecule has 14 heteroatoms. The maximum Gasteiger partial charge on any atom is 0.389 e. The van der Waals surface area contributed by atoms with Crippen molar-refractivity contribution in [2.45, 2.75) is 58.0 Å². The van der Waals surface area contributed by atoms with Crippen molar-refractivity contribution in [1.29, 1.82) is 0 Å². The number of imidazole rings is 1. The molecule has 1 N–H and O–H groups in total. The molecule has 1 amide bonds. The average molecular weight is 562 g/mol. The number of carbonyl (C=O) groups excluding carboxylic acids is 1. The molecule has 4 atom stereocenters. The first-order valence-electron chi connectivity index (χ1n) is 12.5. The van der Waals surface area contributed by atoms with Gasteiger partial charge in [-0.2, -0.15) is 4.39 Å². The van der Waals surface area contributed by atoms with E-state index in [1.54, 1.807) is 56.5 Å². The second-order valence-corrected chi connectivity index (χ2v) is 11.2. The third kappa shape index (κ3) is 5.38. The van der Waals surface area contributed by atoms with Gasteiger partial charge in [0.1, 0.15) is 24.6 Å². The first kappa shape index (κ1) is 27.5. The van der Waals surface area contributed by atoms with Crippen LogP contribution in [0.3, 0.4) is 0 Å². The molecule has 2 aromatic heterocycles. The van der Waals surface area contributed by atoms with E-state index in [0.29, 0.717) is 16.7 Å². The third-order valence-electron chi connectivity index (χ3n) is 6.13. The predicted molar refractivity (Wildman–Crippen MR) is 138 cm³/mol. The lowest BCUT2D eigenvalue weighted by atomic mass is 10.1. The lowest BCUT2D eigenvalue weighted by Crippen LogP contribution is -2.28. The monoisotopic (exact) mass is 561 g/mol. The van der Waals surface area contributed by atoms with Gasteiger partial charge in [-0.3, -0.25) is 13.9 Å². The molecule has 1 aromatic carbocycles. The quantitative estimate of drug-likeness (QED) is 0.370. The summed E-state index contributed by atoms with van der Waals surface area (Å²) < 4.78 is 58.4. The zero-order valence-corrected chi connectivity index (χ0v) is 22.7. The largest absolute Gasteiger partial charge is 0.389 e. The highest BCUT2D eigenvalue weighted by molar-refractivity contribution is 7.58.